The lowest BCUT2D eigenvalue weighted by Gasteiger charge is -2.18. The van der Waals surface area contributed by atoms with Crippen molar-refractivity contribution < 1.29 is 23.4 Å². The molecule has 0 saturated carbocycles. The molecule has 6 nitrogen and oxygen atoms in total. The van der Waals surface area contributed by atoms with Crippen LogP contribution in [0.2, 0.25) is 0 Å². The Morgan fingerprint density at radius 3 is 1.76 bits per heavy atom. The first-order valence-corrected chi connectivity index (χ1v) is 11.5. The molecule has 6 heteroatoms. The summed E-state index contributed by atoms with van der Waals surface area (Å²) in [4.78, 5) is 13.7. The maximum absolute atomic E-state index is 13.7. The maximum Gasteiger partial charge on any atom is 0.239 e. The minimum atomic E-state index is -0.283. The van der Waals surface area contributed by atoms with Gasteiger partial charge in [-0.15, -0.1) is 0 Å². The van der Waals surface area contributed by atoms with E-state index in [1.807, 2.05) is 79.7 Å². The van der Waals surface area contributed by atoms with Gasteiger partial charge in [0.1, 0.15) is 28.2 Å². The first-order valence-electron chi connectivity index (χ1n) is 11.5. The van der Waals surface area contributed by atoms with Crippen LogP contribution in [0.3, 0.4) is 0 Å². The molecular weight excluding hydrogens is 420 g/mol. The van der Waals surface area contributed by atoms with Crippen molar-refractivity contribution in [3.8, 4) is 34.3 Å². The molecule has 0 aliphatic rings. The lowest BCUT2D eigenvalue weighted by molar-refractivity contribution is 0.228. The van der Waals surface area contributed by atoms with Crippen molar-refractivity contribution in [3.63, 3.8) is 0 Å². The van der Waals surface area contributed by atoms with Gasteiger partial charge in [0.2, 0.25) is 11.2 Å². The van der Waals surface area contributed by atoms with Gasteiger partial charge in [-0.1, -0.05) is 0 Å². The van der Waals surface area contributed by atoms with Crippen molar-refractivity contribution in [1.82, 2.24) is 0 Å². The van der Waals surface area contributed by atoms with E-state index in [-0.39, 0.29) is 35.6 Å². The molecule has 3 aromatic rings. The summed E-state index contributed by atoms with van der Waals surface area (Å²) in [7, 11) is 0. The second kappa shape index (κ2) is 10.2. The van der Waals surface area contributed by atoms with Crippen LogP contribution in [0.1, 0.15) is 55.4 Å². The Morgan fingerprint density at radius 1 is 0.667 bits per heavy atom. The SMILES string of the molecule is CC(C)Oc1ccc(-c2oc3cc(OC(C)C)cc(OC(C)C)c3c(=O)c2OC(C)C)cc1. The van der Waals surface area contributed by atoms with Gasteiger partial charge in [-0.2, -0.15) is 0 Å². The second-order valence-electron chi connectivity index (χ2n) is 9.07. The zero-order valence-electron chi connectivity index (χ0n) is 20.7. The van der Waals surface area contributed by atoms with Gasteiger partial charge in [0, 0.05) is 17.7 Å². The molecule has 0 aliphatic heterocycles. The predicted molar refractivity (Wildman–Crippen MR) is 131 cm³/mol. The number of hydrogen-bond acceptors (Lipinski definition) is 6. The van der Waals surface area contributed by atoms with E-state index in [1.54, 1.807) is 12.1 Å². The number of benzene rings is 2. The van der Waals surface area contributed by atoms with Crippen LogP contribution in [0.5, 0.6) is 23.0 Å². The van der Waals surface area contributed by atoms with E-state index in [0.717, 1.165) is 5.75 Å². The van der Waals surface area contributed by atoms with Crippen molar-refractivity contribution >= 4 is 11.0 Å². The van der Waals surface area contributed by atoms with Crippen molar-refractivity contribution in [2.45, 2.75) is 79.8 Å². The summed E-state index contributed by atoms with van der Waals surface area (Å²) >= 11 is 0. The Bertz CT molecular complexity index is 1140. The number of rotatable bonds is 9. The Hall–Kier alpha value is -3.15. The summed E-state index contributed by atoms with van der Waals surface area (Å²) in [6.07, 6.45) is -0.333. The number of ether oxygens (including phenoxy) is 4. The smallest absolute Gasteiger partial charge is 0.239 e. The van der Waals surface area contributed by atoms with Crippen molar-refractivity contribution in [1.29, 1.82) is 0 Å². The minimum Gasteiger partial charge on any atom is -0.491 e. The highest BCUT2D eigenvalue weighted by Crippen LogP contribution is 2.37. The van der Waals surface area contributed by atoms with Crippen LogP contribution in [0.25, 0.3) is 22.3 Å². The number of fused-ring (bicyclic) bond motifs is 1. The third-order valence-corrected chi connectivity index (χ3v) is 4.47. The lowest BCUT2D eigenvalue weighted by atomic mass is 10.1. The van der Waals surface area contributed by atoms with E-state index in [9.17, 15) is 4.79 Å². The number of hydrogen-bond donors (Lipinski definition) is 0. The predicted octanol–water partition coefficient (Wildman–Crippen LogP) is 6.61. The quantitative estimate of drug-likeness (QED) is 0.362. The van der Waals surface area contributed by atoms with E-state index >= 15 is 0 Å². The molecule has 1 aromatic heterocycles. The fourth-order valence-electron chi connectivity index (χ4n) is 3.42. The topological polar surface area (TPSA) is 67.1 Å². The average molecular weight is 455 g/mol. The molecule has 2 aromatic carbocycles. The van der Waals surface area contributed by atoms with Crippen LogP contribution in [0.15, 0.2) is 45.6 Å². The molecule has 33 heavy (non-hydrogen) atoms. The molecular formula is C27H34O6. The first kappa shape index (κ1) is 24.5. The summed E-state index contributed by atoms with van der Waals surface area (Å²) in [6, 6.07) is 10.9. The molecule has 0 N–H and O–H groups in total. The molecule has 0 atom stereocenters. The second-order valence-corrected chi connectivity index (χ2v) is 9.07. The fourth-order valence-corrected chi connectivity index (χ4v) is 3.42. The largest absolute Gasteiger partial charge is 0.491 e. The van der Waals surface area contributed by atoms with Crippen LogP contribution in [-0.4, -0.2) is 24.4 Å². The Morgan fingerprint density at radius 2 is 1.21 bits per heavy atom. The van der Waals surface area contributed by atoms with Gasteiger partial charge in [-0.3, -0.25) is 4.79 Å². The van der Waals surface area contributed by atoms with Gasteiger partial charge in [0.05, 0.1) is 24.4 Å². The van der Waals surface area contributed by atoms with Crippen LogP contribution in [0, 0.1) is 0 Å². The molecule has 1 heterocycles. The van der Waals surface area contributed by atoms with Crippen molar-refractivity contribution in [3.05, 3.63) is 46.6 Å². The highest BCUT2D eigenvalue weighted by molar-refractivity contribution is 5.88. The minimum absolute atomic E-state index is 0.0439. The van der Waals surface area contributed by atoms with Gasteiger partial charge in [-0.05, 0) is 79.7 Å². The highest BCUT2D eigenvalue weighted by atomic mass is 16.5. The molecule has 0 aliphatic carbocycles. The summed E-state index contributed by atoms with van der Waals surface area (Å²) in [5.41, 5.74) is 0.805. The first-order chi connectivity index (χ1) is 15.5. The zero-order valence-corrected chi connectivity index (χ0v) is 20.7. The third kappa shape index (κ3) is 6.01. The monoisotopic (exact) mass is 454 g/mol. The van der Waals surface area contributed by atoms with Gasteiger partial charge >= 0.3 is 0 Å². The summed E-state index contributed by atoms with van der Waals surface area (Å²) < 4.78 is 29.9. The van der Waals surface area contributed by atoms with Crippen LogP contribution in [-0.2, 0) is 0 Å². The van der Waals surface area contributed by atoms with Gasteiger partial charge in [0.25, 0.3) is 0 Å². The van der Waals surface area contributed by atoms with Crippen LogP contribution in [0.4, 0.5) is 0 Å². The highest BCUT2D eigenvalue weighted by Gasteiger charge is 2.23. The Kier molecular flexibility index (Phi) is 7.57. The molecule has 0 spiro atoms. The molecule has 3 rings (SSSR count). The molecule has 178 valence electrons. The van der Waals surface area contributed by atoms with Crippen LogP contribution < -0.4 is 24.4 Å². The van der Waals surface area contributed by atoms with Gasteiger partial charge in [-0.25, -0.2) is 0 Å². The standard InChI is InChI=1S/C27H34O6/c1-15(2)29-20-11-9-19(10-12-20)26-27(32-18(7)8)25(28)24-22(31-17(5)6)13-21(30-16(3)4)14-23(24)33-26/h9-18H,1-8H3. The molecule has 0 fully saturated rings. The van der Waals surface area contributed by atoms with Gasteiger partial charge < -0.3 is 23.4 Å². The van der Waals surface area contributed by atoms with E-state index in [4.69, 9.17) is 23.4 Å². The molecule has 0 radical (unpaired) electrons. The summed E-state index contributed by atoms with van der Waals surface area (Å²) in [5.74, 6) is 2.23. The molecule has 0 amide bonds. The lowest BCUT2D eigenvalue weighted by Crippen LogP contribution is -2.17. The average Bonchev–Trinajstić information content (AvgIpc) is 2.68. The fraction of sp³-hybridized carbons (Fsp3) is 0.444. The Labute approximate surface area is 195 Å². The van der Waals surface area contributed by atoms with E-state index < -0.39 is 0 Å². The van der Waals surface area contributed by atoms with E-state index in [2.05, 4.69) is 0 Å². The van der Waals surface area contributed by atoms with Crippen molar-refractivity contribution in [2.75, 3.05) is 0 Å². The Balaban J connectivity index is 2.26. The van der Waals surface area contributed by atoms with E-state index in [0.29, 0.717) is 33.8 Å². The molecule has 0 saturated heterocycles. The normalized spacial score (nSPS) is 11.6. The summed E-state index contributed by atoms with van der Waals surface area (Å²) in [6.45, 7) is 15.4. The summed E-state index contributed by atoms with van der Waals surface area (Å²) in [5, 5.41) is 0.332. The third-order valence-electron chi connectivity index (χ3n) is 4.47. The zero-order chi connectivity index (χ0) is 24.3. The van der Waals surface area contributed by atoms with Gasteiger partial charge in [0.15, 0.2) is 5.76 Å². The van der Waals surface area contributed by atoms with Crippen LogP contribution >= 0.6 is 0 Å². The van der Waals surface area contributed by atoms with E-state index in [1.165, 1.54) is 0 Å². The maximum atomic E-state index is 13.7. The van der Waals surface area contributed by atoms with Crippen molar-refractivity contribution in [2.24, 2.45) is 0 Å². The molecule has 0 unspecified atom stereocenters. The molecule has 0 bridgehead atoms.